The van der Waals surface area contributed by atoms with Crippen LogP contribution in [0, 0.1) is 17.2 Å². The molecule has 0 unspecified atom stereocenters. The first-order chi connectivity index (χ1) is 12.2. The first-order valence-electron chi connectivity index (χ1n) is 8.84. The molecule has 1 aromatic heterocycles. The number of aromatic nitrogens is 3. The Morgan fingerprint density at radius 3 is 2.60 bits per heavy atom. The molecule has 0 amide bonds. The van der Waals surface area contributed by atoms with Gasteiger partial charge in [-0.3, -0.25) is 4.57 Å². The van der Waals surface area contributed by atoms with Crippen molar-refractivity contribution in [3.05, 3.63) is 24.3 Å². The van der Waals surface area contributed by atoms with Crippen molar-refractivity contribution in [2.45, 2.75) is 50.2 Å². The fourth-order valence-corrected chi connectivity index (χ4v) is 4.16. The number of nitrogens with zero attached hydrogens (tertiary/aromatic N) is 4. The molecule has 1 aliphatic rings. The molecule has 25 heavy (non-hydrogen) atoms. The van der Waals surface area contributed by atoms with Crippen LogP contribution in [0.3, 0.4) is 0 Å². The molecule has 0 N–H and O–H groups in total. The molecule has 0 aliphatic heterocycles. The number of ether oxygens (including phenoxy) is 1. The van der Waals surface area contributed by atoms with Crippen LogP contribution >= 0.6 is 11.8 Å². The number of nitriles is 1. The van der Waals surface area contributed by atoms with Crippen LogP contribution in [0.4, 0.5) is 0 Å². The maximum Gasteiger partial charge on any atom is 0.191 e. The van der Waals surface area contributed by atoms with Gasteiger partial charge in [0.05, 0.1) is 19.1 Å². The first-order valence-corrected chi connectivity index (χ1v) is 9.83. The van der Waals surface area contributed by atoms with Gasteiger partial charge in [0.1, 0.15) is 5.75 Å². The number of benzene rings is 1. The van der Waals surface area contributed by atoms with Gasteiger partial charge in [-0.25, -0.2) is 0 Å². The molecule has 5 nitrogen and oxygen atoms in total. The summed E-state index contributed by atoms with van der Waals surface area (Å²) >= 11 is 1.64. The van der Waals surface area contributed by atoms with E-state index < -0.39 is 0 Å². The Morgan fingerprint density at radius 2 is 1.96 bits per heavy atom. The summed E-state index contributed by atoms with van der Waals surface area (Å²) < 4.78 is 7.56. The summed E-state index contributed by atoms with van der Waals surface area (Å²) in [5.74, 6) is 2.50. The van der Waals surface area contributed by atoms with E-state index in [2.05, 4.69) is 20.8 Å². The summed E-state index contributed by atoms with van der Waals surface area (Å²) in [7, 11) is 1.67. The predicted octanol–water partition coefficient (Wildman–Crippen LogP) is 4.71. The molecule has 6 heteroatoms. The summed E-state index contributed by atoms with van der Waals surface area (Å²) in [6.45, 7) is 1.94. The second-order valence-electron chi connectivity index (χ2n) is 6.54. The molecule has 1 saturated carbocycles. The van der Waals surface area contributed by atoms with E-state index in [-0.39, 0.29) is 5.92 Å². The Morgan fingerprint density at radius 1 is 1.24 bits per heavy atom. The average molecular weight is 356 g/mol. The second kappa shape index (κ2) is 8.39. The van der Waals surface area contributed by atoms with E-state index in [9.17, 15) is 0 Å². The van der Waals surface area contributed by atoms with Crippen LogP contribution in [0.25, 0.3) is 11.4 Å². The highest BCUT2D eigenvalue weighted by Gasteiger charge is 2.24. The molecule has 132 valence electrons. The number of thioether (sulfide) groups is 1. The smallest absolute Gasteiger partial charge is 0.191 e. The summed E-state index contributed by atoms with van der Waals surface area (Å²) in [5.41, 5.74) is 1.05. The molecule has 2 aromatic rings. The second-order valence-corrected chi connectivity index (χ2v) is 7.52. The Labute approximate surface area is 153 Å². The van der Waals surface area contributed by atoms with Crippen molar-refractivity contribution < 1.29 is 4.74 Å². The molecular weight excluding hydrogens is 332 g/mol. The van der Waals surface area contributed by atoms with E-state index in [0.717, 1.165) is 28.0 Å². The summed E-state index contributed by atoms with van der Waals surface area (Å²) in [5, 5.41) is 18.9. The topological polar surface area (TPSA) is 63.7 Å². The molecule has 1 heterocycles. The summed E-state index contributed by atoms with van der Waals surface area (Å²) in [6, 6.07) is 10.7. The minimum atomic E-state index is 0.00550. The van der Waals surface area contributed by atoms with E-state index >= 15 is 0 Å². The van der Waals surface area contributed by atoms with Crippen LogP contribution in [0.5, 0.6) is 5.75 Å². The van der Waals surface area contributed by atoms with Gasteiger partial charge in [0.2, 0.25) is 0 Å². The van der Waals surface area contributed by atoms with Crippen LogP contribution in [-0.4, -0.2) is 27.6 Å². The molecule has 1 aliphatic carbocycles. The van der Waals surface area contributed by atoms with Crippen molar-refractivity contribution in [2.75, 3.05) is 12.9 Å². The normalized spacial score (nSPS) is 16.4. The van der Waals surface area contributed by atoms with Crippen LogP contribution in [-0.2, 0) is 0 Å². The highest BCUT2D eigenvalue weighted by Crippen LogP contribution is 2.36. The quantitative estimate of drug-likeness (QED) is 0.701. The van der Waals surface area contributed by atoms with E-state index in [1.807, 2.05) is 31.2 Å². The molecule has 1 aromatic carbocycles. The van der Waals surface area contributed by atoms with Gasteiger partial charge in [0.25, 0.3) is 0 Å². The van der Waals surface area contributed by atoms with E-state index in [0.29, 0.717) is 6.04 Å². The highest BCUT2D eigenvalue weighted by atomic mass is 32.2. The largest absolute Gasteiger partial charge is 0.497 e. The van der Waals surface area contributed by atoms with Crippen LogP contribution in [0.1, 0.15) is 45.1 Å². The lowest BCUT2D eigenvalue weighted by atomic mass is 9.95. The molecule has 0 radical (unpaired) electrons. The SMILES string of the molecule is COc1ccc(-c2nnc(SC[C@@H](C)C#N)n2C2CCCCC2)cc1. The average Bonchev–Trinajstić information content (AvgIpc) is 3.10. The van der Waals surface area contributed by atoms with Gasteiger partial charge in [0, 0.05) is 17.4 Å². The maximum atomic E-state index is 9.05. The molecular formula is C19H24N4OS. The predicted molar refractivity (Wildman–Crippen MR) is 99.6 cm³/mol. The summed E-state index contributed by atoms with van der Waals surface area (Å²) in [4.78, 5) is 0. The summed E-state index contributed by atoms with van der Waals surface area (Å²) in [6.07, 6.45) is 6.16. The zero-order valence-corrected chi connectivity index (χ0v) is 15.6. The van der Waals surface area contributed by atoms with E-state index in [4.69, 9.17) is 10.00 Å². The fourth-order valence-electron chi connectivity index (χ4n) is 3.22. The Bertz CT molecular complexity index is 729. The van der Waals surface area contributed by atoms with Crippen LogP contribution in [0.2, 0.25) is 0 Å². The maximum absolute atomic E-state index is 9.05. The number of hydrogen-bond acceptors (Lipinski definition) is 5. The van der Waals surface area contributed by atoms with Gasteiger partial charge in [-0.1, -0.05) is 31.0 Å². The van der Waals surface area contributed by atoms with Crippen molar-refractivity contribution in [2.24, 2.45) is 5.92 Å². The minimum absolute atomic E-state index is 0.00550. The van der Waals surface area contributed by atoms with Gasteiger partial charge >= 0.3 is 0 Å². The fraction of sp³-hybridized carbons (Fsp3) is 0.526. The van der Waals surface area contributed by atoms with Gasteiger partial charge in [-0.15, -0.1) is 10.2 Å². The third-order valence-electron chi connectivity index (χ3n) is 4.64. The number of methoxy groups -OCH3 is 1. The van der Waals surface area contributed by atoms with Crippen molar-refractivity contribution >= 4 is 11.8 Å². The van der Waals surface area contributed by atoms with Gasteiger partial charge in [0.15, 0.2) is 11.0 Å². The van der Waals surface area contributed by atoms with Crippen molar-refractivity contribution in [3.8, 4) is 23.2 Å². The zero-order chi connectivity index (χ0) is 17.6. The standard InChI is InChI=1S/C19H24N4OS/c1-14(12-20)13-25-19-22-21-18(15-8-10-17(24-2)11-9-15)23(19)16-6-4-3-5-7-16/h8-11,14,16H,3-7,13H2,1-2H3/t14-/m0/s1. The Kier molecular flexibility index (Phi) is 5.98. The van der Waals surface area contributed by atoms with E-state index in [1.54, 1.807) is 18.9 Å². The lowest BCUT2D eigenvalue weighted by Crippen LogP contribution is -2.15. The molecule has 1 fully saturated rings. The molecule has 0 bridgehead atoms. The van der Waals surface area contributed by atoms with Gasteiger partial charge < -0.3 is 4.74 Å². The number of rotatable bonds is 6. The Hall–Kier alpha value is -2.00. The van der Waals surface area contributed by atoms with Crippen molar-refractivity contribution in [1.82, 2.24) is 14.8 Å². The minimum Gasteiger partial charge on any atom is -0.497 e. The van der Waals surface area contributed by atoms with Crippen molar-refractivity contribution in [3.63, 3.8) is 0 Å². The number of hydrogen-bond donors (Lipinski definition) is 0. The lowest BCUT2D eigenvalue weighted by molar-refractivity contribution is 0.339. The van der Waals surface area contributed by atoms with Crippen LogP contribution < -0.4 is 4.74 Å². The lowest BCUT2D eigenvalue weighted by Gasteiger charge is -2.25. The van der Waals surface area contributed by atoms with Gasteiger partial charge in [-0.05, 0) is 44.0 Å². The molecule has 3 rings (SSSR count). The monoisotopic (exact) mass is 356 g/mol. The third-order valence-corrected chi connectivity index (χ3v) is 5.84. The van der Waals surface area contributed by atoms with Crippen molar-refractivity contribution in [1.29, 1.82) is 5.26 Å². The van der Waals surface area contributed by atoms with Gasteiger partial charge in [-0.2, -0.15) is 5.26 Å². The van der Waals surface area contributed by atoms with E-state index in [1.165, 1.54) is 32.1 Å². The molecule has 0 spiro atoms. The van der Waals surface area contributed by atoms with Crippen LogP contribution in [0.15, 0.2) is 29.4 Å². The Balaban J connectivity index is 1.93. The highest BCUT2D eigenvalue weighted by molar-refractivity contribution is 7.99. The molecule has 1 atom stereocenters. The zero-order valence-electron chi connectivity index (χ0n) is 14.8. The molecule has 0 saturated heterocycles. The first kappa shape index (κ1) is 17.8. The third kappa shape index (κ3) is 4.16.